The maximum Gasteiger partial charge on any atom is 0.0744 e. The lowest BCUT2D eigenvalue weighted by Gasteiger charge is -2.17. The molecule has 0 amide bonds. The molecule has 6 rings (SSSR count). The monoisotopic (exact) mass is 506 g/mol. The van der Waals surface area contributed by atoms with E-state index in [1.165, 1.54) is 61.1 Å². The van der Waals surface area contributed by atoms with Gasteiger partial charge in [0.1, 0.15) is 0 Å². The number of rotatable bonds is 2. The second kappa shape index (κ2) is 7.95. The number of hydrogen-bond donors (Lipinski definition) is 0. The molecule has 0 N–H and O–H groups in total. The molecule has 0 fully saturated rings. The van der Waals surface area contributed by atoms with Crippen LogP contribution < -0.4 is 0 Å². The Balaban J connectivity index is 1.57. The van der Waals surface area contributed by atoms with E-state index in [0.29, 0.717) is 0 Å². The van der Waals surface area contributed by atoms with Crippen molar-refractivity contribution in [1.82, 2.24) is 4.57 Å². The first-order valence-electron chi connectivity index (χ1n) is 11.9. The maximum absolute atomic E-state index is 5.10. The summed E-state index contributed by atoms with van der Waals surface area (Å²) in [6.45, 7) is 6.61. The van der Waals surface area contributed by atoms with E-state index in [4.69, 9.17) is 4.99 Å². The molecule has 3 heteroatoms. The van der Waals surface area contributed by atoms with Crippen molar-refractivity contribution < 1.29 is 0 Å². The summed E-state index contributed by atoms with van der Waals surface area (Å²) in [5, 5.41) is 2.52. The van der Waals surface area contributed by atoms with Gasteiger partial charge in [-0.05, 0) is 80.2 Å². The van der Waals surface area contributed by atoms with E-state index in [9.17, 15) is 0 Å². The molecule has 3 aromatic carbocycles. The number of aromatic nitrogens is 1. The molecule has 0 spiro atoms. The molecule has 168 valence electrons. The van der Waals surface area contributed by atoms with E-state index < -0.39 is 0 Å². The predicted octanol–water partition coefficient (Wildman–Crippen LogP) is 8.25. The van der Waals surface area contributed by atoms with Crippen molar-refractivity contribution in [3.05, 3.63) is 110 Å². The topological polar surface area (TPSA) is 17.3 Å². The normalized spacial score (nSPS) is 16.0. The molecule has 34 heavy (non-hydrogen) atoms. The Labute approximate surface area is 209 Å². The van der Waals surface area contributed by atoms with E-state index in [2.05, 4.69) is 115 Å². The lowest BCUT2D eigenvalue weighted by atomic mass is 9.87. The van der Waals surface area contributed by atoms with Gasteiger partial charge in [-0.25, -0.2) is 4.99 Å². The van der Waals surface area contributed by atoms with Gasteiger partial charge in [-0.1, -0.05) is 64.0 Å². The van der Waals surface area contributed by atoms with Crippen LogP contribution in [0, 0.1) is 20.8 Å². The number of aliphatic imine (C=N–C) groups is 1. The van der Waals surface area contributed by atoms with Crippen molar-refractivity contribution in [2.45, 2.75) is 33.6 Å². The van der Waals surface area contributed by atoms with Crippen molar-refractivity contribution >= 4 is 38.5 Å². The summed E-state index contributed by atoms with van der Waals surface area (Å²) in [5.74, 6) is 0. The van der Waals surface area contributed by atoms with Crippen LogP contribution in [0.3, 0.4) is 0 Å². The van der Waals surface area contributed by atoms with Crippen LogP contribution in [0.25, 0.3) is 28.1 Å². The Bertz CT molecular complexity index is 1570. The molecular weight excluding hydrogens is 480 g/mol. The highest BCUT2D eigenvalue weighted by molar-refractivity contribution is 9.10. The molecule has 1 aliphatic heterocycles. The Morgan fingerprint density at radius 2 is 1.68 bits per heavy atom. The Hall–Kier alpha value is -3.17. The first kappa shape index (κ1) is 21.4. The average molecular weight is 507 g/mol. The van der Waals surface area contributed by atoms with Crippen molar-refractivity contribution in [1.29, 1.82) is 0 Å². The lowest BCUT2D eigenvalue weighted by molar-refractivity contribution is 0.926. The fourth-order valence-electron chi connectivity index (χ4n) is 5.80. The van der Waals surface area contributed by atoms with Gasteiger partial charge in [-0.3, -0.25) is 0 Å². The van der Waals surface area contributed by atoms with Gasteiger partial charge in [0, 0.05) is 33.4 Å². The minimum atomic E-state index is 1.04. The molecule has 1 aliphatic carbocycles. The van der Waals surface area contributed by atoms with Crippen molar-refractivity contribution in [2.75, 3.05) is 0 Å². The van der Waals surface area contributed by atoms with Crippen molar-refractivity contribution in [2.24, 2.45) is 12.0 Å². The number of nitrogens with zero attached hydrogens (tertiary/aromatic N) is 2. The van der Waals surface area contributed by atoms with Gasteiger partial charge >= 0.3 is 0 Å². The molecule has 0 saturated carbocycles. The van der Waals surface area contributed by atoms with Gasteiger partial charge in [0.2, 0.25) is 0 Å². The highest BCUT2D eigenvalue weighted by Crippen LogP contribution is 2.40. The van der Waals surface area contributed by atoms with E-state index in [1.54, 1.807) is 0 Å². The minimum absolute atomic E-state index is 1.04. The molecule has 2 nitrogen and oxygen atoms in total. The van der Waals surface area contributed by atoms with Gasteiger partial charge in [-0.15, -0.1) is 0 Å². The summed E-state index contributed by atoms with van der Waals surface area (Å²) >= 11 is 3.71. The number of hydrogen-bond acceptors (Lipinski definition) is 1. The zero-order valence-corrected chi connectivity index (χ0v) is 21.6. The van der Waals surface area contributed by atoms with Crippen LogP contribution >= 0.6 is 15.9 Å². The van der Waals surface area contributed by atoms with E-state index >= 15 is 0 Å². The molecule has 0 saturated heterocycles. The Morgan fingerprint density at radius 1 is 0.912 bits per heavy atom. The maximum atomic E-state index is 5.10. The SMILES string of the molecule is Cc1cc(C)c(-c2c3cc(Br)ccc3c(/C=C3/C=C4CCc5ccccc5C4=N3)n2C)c(C)c1. The smallest absolute Gasteiger partial charge is 0.0744 e. The molecule has 0 radical (unpaired) electrons. The molecule has 0 atom stereocenters. The summed E-state index contributed by atoms with van der Waals surface area (Å²) in [7, 11) is 2.19. The first-order chi connectivity index (χ1) is 16.4. The summed E-state index contributed by atoms with van der Waals surface area (Å²) in [6, 6.07) is 19.9. The Kier molecular flexibility index (Phi) is 5.00. The van der Waals surface area contributed by atoms with E-state index in [-0.39, 0.29) is 0 Å². The molecule has 0 bridgehead atoms. The second-order valence-electron chi connectivity index (χ2n) is 9.61. The summed E-state index contributed by atoms with van der Waals surface area (Å²) in [6.07, 6.45) is 6.69. The molecule has 1 aromatic heterocycles. The highest BCUT2D eigenvalue weighted by atomic mass is 79.9. The van der Waals surface area contributed by atoms with Crippen LogP contribution in [-0.2, 0) is 13.5 Å². The zero-order chi connectivity index (χ0) is 23.6. The molecule has 2 aliphatic rings. The van der Waals surface area contributed by atoms with Gasteiger partial charge in [-0.2, -0.15) is 0 Å². The van der Waals surface area contributed by atoms with Crippen LogP contribution in [0.5, 0.6) is 0 Å². The third kappa shape index (κ3) is 3.33. The van der Waals surface area contributed by atoms with Crippen LogP contribution in [0.15, 0.2) is 81.4 Å². The largest absolute Gasteiger partial charge is 0.343 e. The number of benzene rings is 3. The summed E-state index contributed by atoms with van der Waals surface area (Å²) in [4.78, 5) is 5.10. The predicted molar refractivity (Wildman–Crippen MR) is 148 cm³/mol. The van der Waals surface area contributed by atoms with Crippen molar-refractivity contribution in [3.8, 4) is 11.3 Å². The van der Waals surface area contributed by atoms with Gasteiger partial charge < -0.3 is 4.57 Å². The first-order valence-corrected chi connectivity index (χ1v) is 12.7. The van der Waals surface area contributed by atoms with Gasteiger partial charge in [0.05, 0.1) is 22.8 Å². The third-order valence-corrected chi connectivity index (χ3v) is 7.70. The number of allylic oxidation sites excluding steroid dienone is 2. The quantitative estimate of drug-likeness (QED) is 0.260. The van der Waals surface area contributed by atoms with Gasteiger partial charge in [0.15, 0.2) is 0 Å². The fraction of sp³-hybridized carbons (Fsp3) is 0.194. The summed E-state index contributed by atoms with van der Waals surface area (Å²) in [5.41, 5.74) is 13.9. The fourth-order valence-corrected chi connectivity index (χ4v) is 6.17. The molecule has 4 aromatic rings. The number of halogens is 1. The Morgan fingerprint density at radius 3 is 2.47 bits per heavy atom. The lowest BCUT2D eigenvalue weighted by Crippen LogP contribution is -2.12. The highest BCUT2D eigenvalue weighted by Gasteiger charge is 2.25. The summed E-state index contributed by atoms with van der Waals surface area (Å²) < 4.78 is 3.45. The van der Waals surface area contributed by atoms with Gasteiger partial charge in [0.25, 0.3) is 0 Å². The third-order valence-electron chi connectivity index (χ3n) is 7.21. The van der Waals surface area contributed by atoms with Crippen molar-refractivity contribution in [3.63, 3.8) is 0 Å². The number of aryl methyl sites for hydroxylation is 4. The van der Waals surface area contributed by atoms with Crippen LogP contribution in [0.4, 0.5) is 0 Å². The second-order valence-corrected chi connectivity index (χ2v) is 10.5. The molecular formula is C31H27BrN2. The molecule has 0 unspecified atom stereocenters. The zero-order valence-electron chi connectivity index (χ0n) is 20.0. The van der Waals surface area contributed by atoms with E-state index in [1.807, 2.05) is 0 Å². The van der Waals surface area contributed by atoms with Crippen LogP contribution in [-0.4, -0.2) is 10.3 Å². The standard InChI is InChI=1S/C31H27BrN2/c1-18-13-19(2)29(20(3)14-18)31-27-16-23(32)11-12-26(27)28(34(31)4)17-24-15-22-10-9-21-7-5-6-8-25(21)30(22)33-24/h5-8,11-17H,9-10H2,1-4H3/b24-17-. The number of fused-ring (bicyclic) bond motifs is 4. The van der Waals surface area contributed by atoms with Crippen LogP contribution in [0.2, 0.25) is 0 Å². The van der Waals surface area contributed by atoms with Crippen LogP contribution in [0.1, 0.15) is 39.9 Å². The van der Waals surface area contributed by atoms with E-state index in [0.717, 1.165) is 28.7 Å². The molecule has 2 heterocycles. The average Bonchev–Trinajstić information content (AvgIpc) is 3.33. The minimum Gasteiger partial charge on any atom is -0.343 e.